The molecule has 6 atom stereocenters. The summed E-state index contributed by atoms with van der Waals surface area (Å²) in [5, 5.41) is 19.3. The van der Waals surface area contributed by atoms with Gasteiger partial charge in [0.15, 0.2) is 5.82 Å². The zero-order valence-corrected chi connectivity index (χ0v) is 34.9. The summed E-state index contributed by atoms with van der Waals surface area (Å²) >= 11 is 14.1. The maximum absolute atomic E-state index is 15.2. The van der Waals surface area contributed by atoms with Crippen molar-refractivity contribution in [3.05, 3.63) is 93.1 Å². The molecule has 3 aromatic heterocycles. The number of carbonyl (C=O) groups excluding carboxylic acids is 4. The zero-order valence-electron chi connectivity index (χ0n) is 32.5. The molecule has 0 radical (unpaired) electrons. The number of aromatic hydroxyl groups is 1. The summed E-state index contributed by atoms with van der Waals surface area (Å²) < 4.78 is 49.1. The molecular weight excluding hydrogens is 844 g/mol. The number of aryl methyl sites for hydroxylation is 2. The number of fused-ring (bicyclic) bond motifs is 5. The van der Waals surface area contributed by atoms with Crippen LogP contribution in [0.3, 0.4) is 0 Å². The van der Waals surface area contributed by atoms with E-state index in [2.05, 4.69) is 4.98 Å². The number of hydrogen-bond acceptors (Lipinski definition) is 10. The van der Waals surface area contributed by atoms with Gasteiger partial charge in [-0.3, -0.25) is 28.9 Å². The number of nitrogens with zero attached hydrogens (tertiary/aromatic N) is 6. The number of hydrogen-bond donors (Lipinski definition) is 1. The number of phenols is 1. The number of rotatable bonds is 6. The molecule has 0 bridgehead atoms. The number of ether oxygens (including phenoxy) is 1. The Morgan fingerprint density at radius 1 is 1.00 bits per heavy atom. The van der Waals surface area contributed by atoms with E-state index in [1.807, 2.05) is 19.1 Å². The van der Waals surface area contributed by atoms with E-state index in [0.29, 0.717) is 28.1 Å². The van der Waals surface area contributed by atoms with E-state index in [1.165, 1.54) is 36.2 Å². The van der Waals surface area contributed by atoms with Crippen LogP contribution in [0.15, 0.2) is 66.2 Å². The van der Waals surface area contributed by atoms with Gasteiger partial charge in [-0.2, -0.15) is 23.3 Å². The molecule has 2 aliphatic heterocycles. The molecule has 0 spiro atoms. The molecule has 12 nitrogen and oxygen atoms in total. The number of thiophene rings is 1. The largest absolute Gasteiger partial charge is 0.508 e. The normalized spacial score (nSPS) is 25.2. The number of anilines is 2. The lowest BCUT2D eigenvalue weighted by Gasteiger charge is -2.49. The Morgan fingerprint density at radius 2 is 1.75 bits per heavy atom. The third-order valence-electron chi connectivity index (χ3n) is 12.7. The van der Waals surface area contributed by atoms with Crippen molar-refractivity contribution < 1.29 is 42.2 Å². The number of aromatic nitrogens is 3. The monoisotopic (exact) mass is 878 g/mol. The highest BCUT2D eigenvalue weighted by atomic mass is 35.5. The molecular formula is C42H35Cl2F3N6O6S. The van der Waals surface area contributed by atoms with Crippen LogP contribution in [0.2, 0.25) is 10.0 Å². The van der Waals surface area contributed by atoms with Crippen molar-refractivity contribution in [3.8, 4) is 22.1 Å². The fourth-order valence-corrected chi connectivity index (χ4v) is 11.4. The van der Waals surface area contributed by atoms with Gasteiger partial charge in [-0.1, -0.05) is 34.9 Å². The Bertz CT molecular complexity index is 2750. The molecule has 2 saturated heterocycles. The van der Waals surface area contributed by atoms with Crippen LogP contribution in [-0.4, -0.2) is 62.7 Å². The van der Waals surface area contributed by atoms with Gasteiger partial charge in [0.2, 0.25) is 11.8 Å². The molecule has 3 fully saturated rings. The van der Waals surface area contributed by atoms with E-state index in [1.54, 1.807) is 44.3 Å². The van der Waals surface area contributed by atoms with E-state index >= 15 is 4.79 Å². The second-order valence-electron chi connectivity index (χ2n) is 15.8. The molecule has 310 valence electrons. The molecule has 5 heterocycles. The van der Waals surface area contributed by atoms with Gasteiger partial charge in [0.05, 0.1) is 40.2 Å². The fourth-order valence-electron chi connectivity index (χ4n) is 9.87. The van der Waals surface area contributed by atoms with Gasteiger partial charge in [-0.25, -0.2) is 9.88 Å². The molecule has 4 amide bonds. The van der Waals surface area contributed by atoms with Crippen LogP contribution in [0.1, 0.15) is 42.5 Å². The molecule has 9 rings (SSSR count). The Hall–Kier alpha value is -5.45. The van der Waals surface area contributed by atoms with Crippen LogP contribution in [0.5, 0.6) is 11.5 Å². The van der Waals surface area contributed by atoms with Gasteiger partial charge < -0.3 is 9.84 Å². The van der Waals surface area contributed by atoms with Crippen molar-refractivity contribution >= 4 is 79.9 Å². The summed E-state index contributed by atoms with van der Waals surface area (Å²) in [7, 11) is 4.33. The third kappa shape index (κ3) is 5.70. The number of halogens is 5. The lowest BCUT2D eigenvalue weighted by atomic mass is 9.51. The van der Waals surface area contributed by atoms with Gasteiger partial charge in [0, 0.05) is 41.4 Å². The lowest BCUT2D eigenvalue weighted by molar-refractivity contribution is -0.141. The molecule has 1 saturated carbocycles. The number of pyridine rings is 1. The molecule has 4 aliphatic rings. The predicted molar refractivity (Wildman–Crippen MR) is 218 cm³/mol. The molecule has 6 unspecified atom stereocenters. The molecule has 60 heavy (non-hydrogen) atoms. The number of carbonyl (C=O) groups is 4. The summed E-state index contributed by atoms with van der Waals surface area (Å²) in [5.74, 6) is -7.38. The van der Waals surface area contributed by atoms with Crippen molar-refractivity contribution in [2.24, 2.45) is 36.1 Å². The van der Waals surface area contributed by atoms with Crippen molar-refractivity contribution in [1.29, 1.82) is 0 Å². The zero-order chi connectivity index (χ0) is 42.9. The van der Waals surface area contributed by atoms with Crippen LogP contribution in [0.25, 0.3) is 20.7 Å². The molecule has 2 aromatic carbocycles. The Morgan fingerprint density at radius 3 is 2.47 bits per heavy atom. The highest BCUT2D eigenvalue weighted by molar-refractivity contribution is 7.22. The van der Waals surface area contributed by atoms with Gasteiger partial charge in [-0.05, 0) is 92.1 Å². The summed E-state index contributed by atoms with van der Waals surface area (Å²) in [6, 6.07) is 13.6. The van der Waals surface area contributed by atoms with Crippen molar-refractivity contribution in [2.45, 2.75) is 38.8 Å². The highest BCUT2D eigenvalue weighted by Crippen LogP contribution is 2.65. The van der Waals surface area contributed by atoms with Crippen LogP contribution < -0.4 is 14.6 Å². The van der Waals surface area contributed by atoms with Gasteiger partial charge >= 0.3 is 6.18 Å². The van der Waals surface area contributed by atoms with Gasteiger partial charge in [0.25, 0.3) is 11.8 Å². The number of phenolic OH excluding ortho intramolecular Hbond substituents is 1. The van der Waals surface area contributed by atoms with E-state index in [9.17, 15) is 32.7 Å². The maximum Gasteiger partial charge on any atom is 0.433 e. The van der Waals surface area contributed by atoms with Crippen LogP contribution in [0.4, 0.5) is 24.8 Å². The van der Waals surface area contributed by atoms with Crippen molar-refractivity contribution in [1.82, 2.24) is 19.8 Å². The Kier molecular flexibility index (Phi) is 9.19. The first kappa shape index (κ1) is 40.0. The third-order valence-corrected chi connectivity index (χ3v) is 14.6. The maximum atomic E-state index is 15.2. The molecule has 18 heteroatoms. The topological polar surface area (TPSA) is 138 Å². The van der Waals surface area contributed by atoms with Gasteiger partial charge in [-0.15, -0.1) is 11.3 Å². The summed E-state index contributed by atoms with van der Waals surface area (Å²) in [5.41, 5.74) is -0.438. The summed E-state index contributed by atoms with van der Waals surface area (Å²) in [4.78, 5) is 64.5. The number of allylic oxidation sites excluding steroid dienone is 2. The fraction of sp³-hybridized carbons (Fsp3) is 0.333. The first-order valence-electron chi connectivity index (χ1n) is 18.9. The van der Waals surface area contributed by atoms with Crippen molar-refractivity contribution in [2.75, 3.05) is 24.1 Å². The SMILES string of the molecule is COc1ccc(O)c(C2C3=CCC4C(=O)N(N(C)c5nc(C(F)(F)F)ccc5Cl)C(=O)C4C3CC3C(=O)N(c4cc(-c5sc6ccc(Cl)cc6c5C)nn4C)C(=O)C32C)c1. The number of benzene rings is 2. The Balaban J connectivity index is 1.14. The molecule has 2 aliphatic carbocycles. The predicted octanol–water partition coefficient (Wildman–Crippen LogP) is 8.33. The number of methoxy groups -OCH3 is 1. The second kappa shape index (κ2) is 13.8. The molecule has 5 aromatic rings. The number of amides is 4. The first-order valence-corrected chi connectivity index (χ1v) is 20.5. The number of imide groups is 2. The summed E-state index contributed by atoms with van der Waals surface area (Å²) in [6.45, 7) is 3.64. The van der Waals surface area contributed by atoms with Crippen LogP contribution >= 0.6 is 34.5 Å². The van der Waals surface area contributed by atoms with Crippen molar-refractivity contribution in [3.63, 3.8) is 0 Å². The highest BCUT2D eigenvalue weighted by Gasteiger charge is 2.68. The number of alkyl halides is 3. The van der Waals surface area contributed by atoms with E-state index in [-0.39, 0.29) is 35.0 Å². The van der Waals surface area contributed by atoms with E-state index < -0.39 is 76.3 Å². The average molecular weight is 880 g/mol. The second-order valence-corrected chi connectivity index (χ2v) is 17.7. The minimum absolute atomic E-state index is 0.0220. The minimum atomic E-state index is -4.83. The smallest absolute Gasteiger partial charge is 0.433 e. The molecule has 1 N–H and O–H groups in total. The van der Waals surface area contributed by atoms with Crippen LogP contribution in [-0.2, 0) is 32.4 Å². The summed E-state index contributed by atoms with van der Waals surface area (Å²) in [6.07, 6.45) is -3.02. The lowest BCUT2D eigenvalue weighted by Crippen LogP contribution is -2.49. The number of hydrazine groups is 1. The van der Waals surface area contributed by atoms with Crippen LogP contribution in [0, 0.1) is 36.0 Å². The standard InChI is InChI=1S/C42H35Cl2F3N6O6S/c1-18-23-14-19(43)6-12-30(23)60-35(18)28-17-32(50(3)49-28)52-38(56)26-16-24-21(34(41(26,2)40(52)58)25-15-20(59-5)7-11-29(25)54)8-9-22-33(24)39(57)53(37(22)55)51(4)36-27(44)10-13-31(48-36)42(45,46)47/h6-8,10-15,17,22,24,26,33-34,54H,9,16H2,1-5H3. The van der Waals surface area contributed by atoms with E-state index in [4.69, 9.17) is 33.0 Å². The van der Waals surface area contributed by atoms with Gasteiger partial charge in [0.1, 0.15) is 28.7 Å². The average Bonchev–Trinajstić information content (AvgIpc) is 3.87. The quantitative estimate of drug-likeness (QED) is 0.132. The minimum Gasteiger partial charge on any atom is -0.508 e. The Labute approximate surface area is 354 Å². The van der Waals surface area contributed by atoms with E-state index in [0.717, 1.165) is 41.5 Å². The first-order chi connectivity index (χ1) is 28.4.